The smallest absolute Gasteiger partial charge is 0.240 e. The highest BCUT2D eigenvalue weighted by atomic mass is 32.2. The van der Waals surface area contributed by atoms with Crippen molar-refractivity contribution in [1.82, 2.24) is 14.7 Å². The quantitative estimate of drug-likeness (QED) is 0.776. The van der Waals surface area contributed by atoms with Crippen LogP contribution in [0.5, 0.6) is 0 Å². The molecule has 0 fully saturated rings. The Labute approximate surface area is 120 Å². The lowest BCUT2D eigenvalue weighted by Gasteiger charge is -2.07. The molecular weight excluding hydrogens is 293 g/mol. The molecule has 0 amide bonds. The van der Waals surface area contributed by atoms with Crippen LogP contribution in [0, 0.1) is 5.82 Å². The Morgan fingerprint density at radius 3 is 2.67 bits per heavy atom. The molecule has 3 rings (SSSR count). The van der Waals surface area contributed by atoms with Gasteiger partial charge in [-0.25, -0.2) is 22.5 Å². The van der Waals surface area contributed by atoms with Gasteiger partial charge >= 0.3 is 0 Å². The summed E-state index contributed by atoms with van der Waals surface area (Å²) in [5.74, 6) is -0.475. The summed E-state index contributed by atoms with van der Waals surface area (Å²) in [6.45, 7) is 0.135. The average molecular weight is 305 g/mol. The highest BCUT2D eigenvalue weighted by Crippen LogP contribution is 2.16. The summed E-state index contributed by atoms with van der Waals surface area (Å²) in [6, 6.07) is 8.29. The van der Waals surface area contributed by atoms with E-state index in [1.54, 1.807) is 18.5 Å². The van der Waals surface area contributed by atoms with E-state index in [9.17, 15) is 12.8 Å². The first-order valence-corrected chi connectivity index (χ1v) is 7.71. The van der Waals surface area contributed by atoms with Gasteiger partial charge in [-0.1, -0.05) is 0 Å². The van der Waals surface area contributed by atoms with Gasteiger partial charge in [-0.2, -0.15) is 0 Å². The van der Waals surface area contributed by atoms with Crippen LogP contribution in [-0.4, -0.2) is 18.4 Å². The van der Waals surface area contributed by atoms with Crippen molar-refractivity contribution < 1.29 is 12.8 Å². The fraction of sp³-hybridized carbons (Fsp3) is 0.0714. The largest absolute Gasteiger partial charge is 0.346 e. The van der Waals surface area contributed by atoms with E-state index in [0.717, 1.165) is 23.1 Å². The second-order valence-electron chi connectivity index (χ2n) is 4.49. The minimum Gasteiger partial charge on any atom is -0.346 e. The lowest BCUT2D eigenvalue weighted by molar-refractivity contribution is 0.580. The van der Waals surface area contributed by atoms with Crippen LogP contribution >= 0.6 is 0 Å². The highest BCUT2D eigenvalue weighted by molar-refractivity contribution is 7.89. The average Bonchev–Trinajstić information content (AvgIpc) is 2.94. The molecule has 0 spiro atoms. The first-order valence-electron chi connectivity index (χ1n) is 6.22. The van der Waals surface area contributed by atoms with E-state index in [2.05, 4.69) is 14.7 Å². The lowest BCUT2D eigenvalue weighted by atomic mass is 10.2. The number of aromatic amines is 1. The molecule has 108 valence electrons. The number of hydrogen-bond acceptors (Lipinski definition) is 3. The number of fused-ring (bicyclic) bond motifs is 1. The van der Waals surface area contributed by atoms with E-state index in [1.165, 1.54) is 12.1 Å². The van der Waals surface area contributed by atoms with Crippen LogP contribution in [0.25, 0.3) is 11.0 Å². The number of nitrogens with one attached hydrogen (secondary N) is 2. The zero-order valence-corrected chi connectivity index (χ0v) is 11.7. The Morgan fingerprint density at radius 2 is 1.90 bits per heavy atom. The lowest BCUT2D eigenvalue weighted by Crippen LogP contribution is -2.23. The van der Waals surface area contributed by atoms with E-state index in [1.807, 2.05) is 6.07 Å². The molecule has 0 aliphatic rings. The maximum atomic E-state index is 12.8. The fourth-order valence-electron chi connectivity index (χ4n) is 2.04. The molecule has 5 nitrogen and oxygen atoms in total. The van der Waals surface area contributed by atoms with Crippen molar-refractivity contribution in [3.8, 4) is 0 Å². The third-order valence-corrected chi connectivity index (χ3v) is 4.54. The number of sulfonamides is 1. The maximum Gasteiger partial charge on any atom is 0.240 e. The van der Waals surface area contributed by atoms with Crippen LogP contribution in [0.4, 0.5) is 4.39 Å². The Balaban J connectivity index is 1.83. The van der Waals surface area contributed by atoms with E-state index >= 15 is 0 Å². The molecule has 0 aliphatic carbocycles. The molecule has 0 saturated carbocycles. The van der Waals surface area contributed by atoms with E-state index in [4.69, 9.17) is 0 Å². The van der Waals surface area contributed by atoms with Gasteiger partial charge in [0.05, 0.1) is 4.90 Å². The molecule has 21 heavy (non-hydrogen) atoms. The third kappa shape index (κ3) is 2.79. The number of pyridine rings is 1. The highest BCUT2D eigenvalue weighted by Gasteiger charge is 2.14. The van der Waals surface area contributed by atoms with Gasteiger partial charge < -0.3 is 4.98 Å². The topological polar surface area (TPSA) is 74.8 Å². The number of halogens is 1. The van der Waals surface area contributed by atoms with Crippen LogP contribution < -0.4 is 4.72 Å². The maximum absolute atomic E-state index is 12.8. The van der Waals surface area contributed by atoms with Gasteiger partial charge in [-0.05, 0) is 42.0 Å². The van der Waals surface area contributed by atoms with Crippen molar-refractivity contribution in [3.05, 3.63) is 60.2 Å². The normalized spacial score (nSPS) is 11.9. The summed E-state index contributed by atoms with van der Waals surface area (Å²) in [7, 11) is -3.67. The van der Waals surface area contributed by atoms with Gasteiger partial charge in [0.2, 0.25) is 10.0 Å². The van der Waals surface area contributed by atoms with Crippen LogP contribution in [0.15, 0.2) is 53.7 Å². The van der Waals surface area contributed by atoms with Gasteiger partial charge in [0.1, 0.15) is 11.5 Å². The molecule has 1 aromatic carbocycles. The number of hydrogen-bond donors (Lipinski definition) is 2. The van der Waals surface area contributed by atoms with Crippen molar-refractivity contribution >= 4 is 21.1 Å². The standard InChI is InChI=1S/C14H12FN3O2S/c15-11-1-3-12(4-2-11)21(19,20)18-9-10-5-7-16-14-13(10)6-8-17-14/h1-8,18H,9H2,(H,16,17). The Hall–Kier alpha value is -2.25. The van der Waals surface area contributed by atoms with Crippen LogP contribution in [0.3, 0.4) is 0 Å². The van der Waals surface area contributed by atoms with Gasteiger partial charge in [-0.15, -0.1) is 0 Å². The van der Waals surface area contributed by atoms with Gasteiger partial charge in [0.25, 0.3) is 0 Å². The van der Waals surface area contributed by atoms with E-state index < -0.39 is 15.8 Å². The number of aromatic nitrogens is 2. The summed E-state index contributed by atoms with van der Waals surface area (Å²) in [5.41, 5.74) is 1.51. The summed E-state index contributed by atoms with van der Waals surface area (Å²) in [6.07, 6.45) is 3.36. The Morgan fingerprint density at radius 1 is 1.14 bits per heavy atom. The van der Waals surface area contributed by atoms with Crippen molar-refractivity contribution in [3.63, 3.8) is 0 Å². The van der Waals surface area contributed by atoms with E-state index in [0.29, 0.717) is 5.65 Å². The second-order valence-corrected chi connectivity index (χ2v) is 6.26. The molecule has 2 aromatic heterocycles. The van der Waals surface area contributed by atoms with Gasteiger partial charge in [0, 0.05) is 24.3 Å². The summed E-state index contributed by atoms with van der Waals surface area (Å²) in [5, 5.41) is 0.860. The van der Waals surface area contributed by atoms with E-state index in [-0.39, 0.29) is 11.4 Å². The van der Waals surface area contributed by atoms with Crippen molar-refractivity contribution in [2.45, 2.75) is 11.4 Å². The molecule has 2 N–H and O–H groups in total. The van der Waals surface area contributed by atoms with Gasteiger partial charge in [0.15, 0.2) is 0 Å². The first-order chi connectivity index (χ1) is 10.1. The van der Waals surface area contributed by atoms with Crippen LogP contribution in [-0.2, 0) is 16.6 Å². The van der Waals surface area contributed by atoms with Gasteiger partial charge in [-0.3, -0.25) is 0 Å². The minimum absolute atomic E-state index is 0.0308. The number of rotatable bonds is 4. The first kappa shape index (κ1) is 13.7. The van der Waals surface area contributed by atoms with Crippen molar-refractivity contribution in [1.29, 1.82) is 0 Å². The molecular formula is C14H12FN3O2S. The second kappa shape index (κ2) is 5.27. The zero-order valence-electron chi connectivity index (χ0n) is 10.9. The molecule has 7 heteroatoms. The fourth-order valence-corrected chi connectivity index (χ4v) is 3.05. The SMILES string of the molecule is O=S(=O)(NCc1ccnc2[nH]ccc12)c1ccc(F)cc1. The summed E-state index contributed by atoms with van der Waals surface area (Å²) < 4.78 is 39.6. The Kier molecular flexibility index (Phi) is 3.44. The molecule has 2 heterocycles. The van der Waals surface area contributed by atoms with Crippen LogP contribution in [0.2, 0.25) is 0 Å². The number of nitrogens with zero attached hydrogens (tertiary/aromatic N) is 1. The molecule has 3 aromatic rings. The predicted octanol–water partition coefficient (Wildman–Crippen LogP) is 2.18. The Bertz CT molecular complexity index is 873. The van der Waals surface area contributed by atoms with Crippen molar-refractivity contribution in [2.75, 3.05) is 0 Å². The molecule has 0 radical (unpaired) electrons. The monoisotopic (exact) mass is 305 g/mol. The number of H-pyrrole nitrogens is 1. The third-order valence-electron chi connectivity index (χ3n) is 3.13. The predicted molar refractivity (Wildman–Crippen MR) is 76.5 cm³/mol. The molecule has 0 saturated heterocycles. The number of benzene rings is 1. The van der Waals surface area contributed by atoms with Crippen LogP contribution in [0.1, 0.15) is 5.56 Å². The molecule has 0 atom stereocenters. The summed E-state index contributed by atoms with van der Waals surface area (Å²) in [4.78, 5) is 7.14. The van der Waals surface area contributed by atoms with Crippen molar-refractivity contribution in [2.24, 2.45) is 0 Å². The molecule has 0 aliphatic heterocycles. The molecule has 0 bridgehead atoms. The molecule has 0 unspecified atom stereocenters. The zero-order chi connectivity index (χ0) is 14.9. The minimum atomic E-state index is -3.67. The summed E-state index contributed by atoms with van der Waals surface area (Å²) >= 11 is 0.